The first-order valence-electron chi connectivity index (χ1n) is 8.29. The number of carboxylic acid groups (broad SMARTS) is 1. The number of carbonyl (C=O) groups excluding carboxylic acids is 1. The van der Waals surface area contributed by atoms with Crippen molar-refractivity contribution in [2.75, 3.05) is 0 Å². The summed E-state index contributed by atoms with van der Waals surface area (Å²) in [4.78, 5) is 23.9. The summed E-state index contributed by atoms with van der Waals surface area (Å²) in [5, 5.41) is 23.3. The number of hydrogen-bond donors (Lipinski definition) is 3. The Morgan fingerprint density at radius 1 is 0.923 bits per heavy atom. The molecule has 26 heavy (non-hydrogen) atoms. The summed E-state index contributed by atoms with van der Waals surface area (Å²) in [7, 11) is 0. The molecule has 0 radical (unpaired) electrons. The number of rotatable bonds is 6. The third-order valence-electron chi connectivity index (χ3n) is 4.24. The number of phenols is 1. The number of carboxylic acids is 1. The molecule has 0 saturated heterocycles. The molecule has 3 aromatic rings. The van der Waals surface area contributed by atoms with Gasteiger partial charge in [0.25, 0.3) is 0 Å². The zero-order valence-corrected chi connectivity index (χ0v) is 14.1. The van der Waals surface area contributed by atoms with Gasteiger partial charge in [-0.1, -0.05) is 54.6 Å². The number of carbonyl (C=O) groups is 2. The average Bonchev–Trinajstić information content (AvgIpc) is 2.63. The van der Waals surface area contributed by atoms with E-state index >= 15 is 0 Å². The molecule has 0 spiro atoms. The molecule has 0 saturated carbocycles. The van der Waals surface area contributed by atoms with Crippen LogP contribution in [0, 0.1) is 0 Å². The largest absolute Gasteiger partial charge is 0.508 e. The van der Waals surface area contributed by atoms with E-state index in [1.807, 2.05) is 42.5 Å². The maximum Gasteiger partial charge on any atom is 0.326 e. The fourth-order valence-corrected chi connectivity index (χ4v) is 2.93. The second-order valence-corrected chi connectivity index (χ2v) is 6.14. The van der Waals surface area contributed by atoms with Crippen LogP contribution in [0.1, 0.15) is 11.1 Å². The summed E-state index contributed by atoms with van der Waals surface area (Å²) in [6.07, 6.45) is 0.262. The molecule has 1 atom stereocenters. The first kappa shape index (κ1) is 17.5. The van der Waals surface area contributed by atoms with Gasteiger partial charge in [-0.3, -0.25) is 4.79 Å². The molecule has 0 aliphatic carbocycles. The third kappa shape index (κ3) is 4.19. The Kier molecular flexibility index (Phi) is 5.17. The highest BCUT2D eigenvalue weighted by molar-refractivity contribution is 5.91. The van der Waals surface area contributed by atoms with Crippen LogP contribution in [0.15, 0.2) is 66.7 Å². The van der Waals surface area contributed by atoms with E-state index in [-0.39, 0.29) is 24.5 Å². The van der Waals surface area contributed by atoms with E-state index in [1.165, 1.54) is 12.1 Å². The van der Waals surface area contributed by atoms with E-state index in [0.717, 1.165) is 21.9 Å². The van der Waals surface area contributed by atoms with Gasteiger partial charge in [0.1, 0.15) is 11.8 Å². The molecule has 132 valence electrons. The van der Waals surface area contributed by atoms with Crippen LogP contribution in [-0.2, 0) is 22.4 Å². The van der Waals surface area contributed by atoms with Crippen molar-refractivity contribution in [1.29, 1.82) is 0 Å². The molecule has 0 aliphatic heterocycles. The maximum atomic E-state index is 12.4. The molecule has 0 unspecified atom stereocenters. The van der Waals surface area contributed by atoms with Crippen molar-refractivity contribution in [3.8, 4) is 5.75 Å². The molecule has 0 aliphatic rings. The van der Waals surface area contributed by atoms with Crippen LogP contribution in [0.2, 0.25) is 0 Å². The molecule has 3 N–H and O–H groups in total. The molecule has 0 fully saturated rings. The van der Waals surface area contributed by atoms with E-state index in [9.17, 15) is 19.8 Å². The van der Waals surface area contributed by atoms with E-state index in [2.05, 4.69) is 5.32 Å². The van der Waals surface area contributed by atoms with E-state index < -0.39 is 12.0 Å². The number of fused-ring (bicyclic) bond motifs is 1. The van der Waals surface area contributed by atoms with Gasteiger partial charge in [-0.25, -0.2) is 4.79 Å². The predicted octanol–water partition coefficient (Wildman–Crippen LogP) is 2.90. The molecule has 3 aromatic carbocycles. The van der Waals surface area contributed by atoms with Crippen molar-refractivity contribution in [2.24, 2.45) is 0 Å². The zero-order valence-electron chi connectivity index (χ0n) is 14.1. The number of nitrogens with one attached hydrogen (secondary N) is 1. The van der Waals surface area contributed by atoms with Crippen LogP contribution in [0.4, 0.5) is 0 Å². The highest BCUT2D eigenvalue weighted by Gasteiger charge is 2.20. The predicted molar refractivity (Wildman–Crippen MR) is 99.0 cm³/mol. The second kappa shape index (κ2) is 7.70. The summed E-state index contributed by atoms with van der Waals surface area (Å²) in [6.45, 7) is 0. The van der Waals surface area contributed by atoms with Crippen LogP contribution in [0.5, 0.6) is 5.75 Å². The lowest BCUT2D eigenvalue weighted by atomic mass is 10.0. The molecular weight excluding hydrogens is 330 g/mol. The Bertz CT molecular complexity index is 929. The number of amides is 1. The molecule has 5 nitrogen and oxygen atoms in total. The zero-order chi connectivity index (χ0) is 18.5. The van der Waals surface area contributed by atoms with Gasteiger partial charge >= 0.3 is 5.97 Å². The molecule has 0 bridgehead atoms. The average molecular weight is 349 g/mol. The number of benzene rings is 3. The number of hydrogen-bond acceptors (Lipinski definition) is 3. The lowest BCUT2D eigenvalue weighted by molar-refractivity contribution is -0.141. The van der Waals surface area contributed by atoms with Gasteiger partial charge in [0.15, 0.2) is 0 Å². The smallest absolute Gasteiger partial charge is 0.326 e. The van der Waals surface area contributed by atoms with Crippen molar-refractivity contribution in [1.82, 2.24) is 5.32 Å². The molecule has 0 heterocycles. The summed E-state index contributed by atoms with van der Waals surface area (Å²) < 4.78 is 0. The number of phenolic OH excluding ortho intramolecular Hbond substituents is 1. The number of aromatic hydroxyl groups is 1. The Hall–Kier alpha value is -3.34. The summed E-state index contributed by atoms with van der Waals surface area (Å²) in [5.41, 5.74) is 1.58. The van der Waals surface area contributed by atoms with E-state index in [4.69, 9.17) is 0 Å². The quantitative estimate of drug-likeness (QED) is 0.639. The first-order chi connectivity index (χ1) is 12.5. The second-order valence-electron chi connectivity index (χ2n) is 6.14. The Balaban J connectivity index is 1.71. The van der Waals surface area contributed by atoms with E-state index in [0.29, 0.717) is 0 Å². The molecule has 5 heteroatoms. The fraction of sp³-hybridized carbons (Fsp3) is 0.143. The minimum atomic E-state index is -1.09. The van der Waals surface area contributed by atoms with Crippen molar-refractivity contribution in [3.63, 3.8) is 0 Å². The SMILES string of the molecule is O=C(Cc1cccc2ccccc12)N[C@@H](Cc1ccc(O)cc1)C(=O)O. The van der Waals surface area contributed by atoms with Crippen LogP contribution >= 0.6 is 0 Å². The fourth-order valence-electron chi connectivity index (χ4n) is 2.93. The van der Waals surface area contributed by atoms with Gasteiger partial charge in [-0.2, -0.15) is 0 Å². The third-order valence-corrected chi connectivity index (χ3v) is 4.24. The summed E-state index contributed by atoms with van der Waals surface area (Å²) in [6, 6.07) is 18.7. The van der Waals surface area contributed by atoms with Crippen molar-refractivity contribution < 1.29 is 19.8 Å². The molecular formula is C21H19NO4. The minimum Gasteiger partial charge on any atom is -0.508 e. The van der Waals surface area contributed by atoms with Crippen LogP contribution in [-0.4, -0.2) is 28.1 Å². The first-order valence-corrected chi connectivity index (χ1v) is 8.29. The minimum absolute atomic E-state index is 0.112. The van der Waals surface area contributed by atoms with Gasteiger partial charge in [-0.15, -0.1) is 0 Å². The van der Waals surface area contributed by atoms with Crippen LogP contribution in [0.3, 0.4) is 0 Å². The highest BCUT2D eigenvalue weighted by atomic mass is 16.4. The molecule has 0 aromatic heterocycles. The topological polar surface area (TPSA) is 86.6 Å². The monoisotopic (exact) mass is 349 g/mol. The lowest BCUT2D eigenvalue weighted by Crippen LogP contribution is -2.43. The Morgan fingerprint density at radius 2 is 1.62 bits per heavy atom. The Labute approximate surface area is 150 Å². The lowest BCUT2D eigenvalue weighted by Gasteiger charge is -2.15. The Morgan fingerprint density at radius 3 is 2.35 bits per heavy atom. The summed E-state index contributed by atoms with van der Waals surface area (Å²) >= 11 is 0. The van der Waals surface area contributed by atoms with Gasteiger partial charge in [0, 0.05) is 6.42 Å². The normalized spacial score (nSPS) is 11.8. The van der Waals surface area contributed by atoms with Crippen molar-refractivity contribution >= 4 is 22.6 Å². The van der Waals surface area contributed by atoms with Crippen LogP contribution in [0.25, 0.3) is 10.8 Å². The van der Waals surface area contributed by atoms with Crippen molar-refractivity contribution in [2.45, 2.75) is 18.9 Å². The van der Waals surface area contributed by atoms with Gasteiger partial charge in [0.2, 0.25) is 5.91 Å². The highest BCUT2D eigenvalue weighted by Crippen LogP contribution is 2.19. The standard InChI is InChI=1S/C21H19NO4/c23-17-10-8-14(9-11-17)12-19(21(25)26)22-20(24)13-16-6-3-5-15-4-1-2-7-18(15)16/h1-11,19,23H,12-13H2,(H,22,24)(H,25,26)/t19-/m0/s1. The molecule has 1 amide bonds. The summed E-state index contributed by atoms with van der Waals surface area (Å²) in [5.74, 6) is -1.32. The van der Waals surface area contributed by atoms with Crippen LogP contribution < -0.4 is 5.32 Å². The van der Waals surface area contributed by atoms with Gasteiger partial charge < -0.3 is 15.5 Å². The van der Waals surface area contributed by atoms with Gasteiger partial charge in [0.05, 0.1) is 6.42 Å². The van der Waals surface area contributed by atoms with Crippen molar-refractivity contribution in [3.05, 3.63) is 77.9 Å². The van der Waals surface area contributed by atoms with E-state index in [1.54, 1.807) is 12.1 Å². The molecule has 3 rings (SSSR count). The number of aliphatic carboxylic acids is 1. The maximum absolute atomic E-state index is 12.4. The van der Waals surface area contributed by atoms with Gasteiger partial charge in [-0.05, 0) is 34.0 Å².